The molecular weight excluding hydrogens is 244 g/mol. The monoisotopic (exact) mass is 254 g/mol. The number of fused-ring (bicyclic) bond motifs is 1. The van der Waals surface area contributed by atoms with E-state index in [1.54, 1.807) is 11.0 Å². The Morgan fingerprint density at radius 1 is 1.29 bits per heavy atom. The summed E-state index contributed by atoms with van der Waals surface area (Å²) in [6.45, 7) is 6.17. The fourth-order valence-corrected chi connectivity index (χ4v) is 1.41. The summed E-state index contributed by atoms with van der Waals surface area (Å²) in [5.74, 6) is 0. The minimum atomic E-state index is -0.104. The van der Waals surface area contributed by atoms with Gasteiger partial charge in [0.2, 0.25) is 5.65 Å². The molecule has 0 atom stereocenters. The van der Waals surface area contributed by atoms with Crippen molar-refractivity contribution in [2.45, 2.75) is 26.3 Å². The van der Waals surface area contributed by atoms with E-state index >= 15 is 0 Å². The molecule has 4 nitrogen and oxygen atoms in total. The molecule has 5 heteroatoms. The molecule has 0 saturated carbocycles. The highest BCUT2D eigenvalue weighted by Crippen LogP contribution is 2.17. The molecule has 2 aromatic heterocycles. The molecule has 0 aliphatic heterocycles. The van der Waals surface area contributed by atoms with E-state index in [0.29, 0.717) is 5.65 Å². The van der Waals surface area contributed by atoms with Crippen molar-refractivity contribution in [3.8, 4) is 0 Å². The third-order valence-corrected chi connectivity index (χ3v) is 2.24. The van der Waals surface area contributed by atoms with Crippen LogP contribution in [0, 0.1) is 0 Å². The fourth-order valence-electron chi connectivity index (χ4n) is 1.09. The Bertz CT molecular complexity index is 469. The van der Waals surface area contributed by atoms with E-state index in [0.717, 1.165) is 9.99 Å². The summed E-state index contributed by atoms with van der Waals surface area (Å²) < 4.78 is 0.922. The largest absolute Gasteiger partial charge is 0.232 e. The second-order valence-electron chi connectivity index (χ2n) is 4.16. The first-order valence-corrected chi connectivity index (χ1v) is 5.15. The molecule has 0 saturated heterocycles. The van der Waals surface area contributed by atoms with E-state index in [2.05, 4.69) is 51.9 Å². The van der Waals surface area contributed by atoms with E-state index in [9.17, 15) is 0 Å². The van der Waals surface area contributed by atoms with Crippen LogP contribution in [0.1, 0.15) is 20.8 Å². The summed E-state index contributed by atoms with van der Waals surface area (Å²) in [7, 11) is 0. The molecule has 0 bridgehead atoms. The maximum atomic E-state index is 4.36. The molecule has 0 N–H and O–H groups in total. The van der Waals surface area contributed by atoms with Gasteiger partial charge in [-0.15, -0.1) is 5.10 Å². The van der Waals surface area contributed by atoms with Crippen LogP contribution in [-0.2, 0) is 5.54 Å². The topological polar surface area (TPSA) is 43.6 Å². The second kappa shape index (κ2) is 3.02. The van der Waals surface area contributed by atoms with Gasteiger partial charge in [-0.3, -0.25) is 0 Å². The highest BCUT2D eigenvalue weighted by Gasteiger charge is 2.16. The zero-order valence-corrected chi connectivity index (χ0v) is 9.91. The molecule has 2 aromatic rings. The van der Waals surface area contributed by atoms with Crippen LogP contribution >= 0.6 is 15.9 Å². The minimum absolute atomic E-state index is 0.104. The molecule has 0 aliphatic rings. The van der Waals surface area contributed by atoms with E-state index < -0.39 is 0 Å². The molecule has 0 aliphatic carbocycles. The van der Waals surface area contributed by atoms with Crippen molar-refractivity contribution in [1.29, 1.82) is 0 Å². The predicted octanol–water partition coefficient (Wildman–Crippen LogP) is 2.34. The van der Waals surface area contributed by atoms with Gasteiger partial charge in [-0.1, -0.05) is 0 Å². The molecule has 0 fully saturated rings. The van der Waals surface area contributed by atoms with Gasteiger partial charge in [0.1, 0.15) is 5.52 Å². The maximum absolute atomic E-state index is 4.36. The van der Waals surface area contributed by atoms with Gasteiger partial charge in [-0.2, -0.15) is 9.90 Å². The molecule has 2 heterocycles. The van der Waals surface area contributed by atoms with Crippen molar-refractivity contribution >= 4 is 27.1 Å². The lowest BCUT2D eigenvalue weighted by molar-refractivity contribution is 0.315. The lowest BCUT2D eigenvalue weighted by atomic mass is 10.1. The molecule has 0 spiro atoms. The average molecular weight is 255 g/mol. The Labute approximate surface area is 90.5 Å². The van der Waals surface area contributed by atoms with Gasteiger partial charge >= 0.3 is 0 Å². The smallest absolute Gasteiger partial charge is 0.201 e. The van der Waals surface area contributed by atoms with Crippen molar-refractivity contribution in [2.24, 2.45) is 0 Å². The zero-order valence-electron chi connectivity index (χ0n) is 8.32. The van der Waals surface area contributed by atoms with Gasteiger partial charge < -0.3 is 0 Å². The predicted molar refractivity (Wildman–Crippen MR) is 58.0 cm³/mol. The van der Waals surface area contributed by atoms with Crippen molar-refractivity contribution < 1.29 is 0 Å². The first kappa shape index (κ1) is 9.58. The molecule has 74 valence electrons. The summed E-state index contributed by atoms with van der Waals surface area (Å²) in [6.07, 6.45) is 1.73. The standard InChI is InChI=1S/C9H11BrN4/c1-9(2,3)14-12-7-4-6(10)5-11-8(7)13-14/h4-5H,1-3H3. The summed E-state index contributed by atoms with van der Waals surface area (Å²) >= 11 is 3.35. The number of halogens is 1. The summed E-state index contributed by atoms with van der Waals surface area (Å²) in [5, 5.41) is 8.66. The lowest BCUT2D eigenvalue weighted by Crippen LogP contribution is -2.24. The fraction of sp³-hybridized carbons (Fsp3) is 0.444. The number of rotatable bonds is 0. The number of hydrogen-bond donors (Lipinski definition) is 0. The molecular formula is C9H11BrN4. The Kier molecular flexibility index (Phi) is 2.06. The van der Waals surface area contributed by atoms with Crippen LogP contribution in [0.4, 0.5) is 0 Å². The van der Waals surface area contributed by atoms with Crippen LogP contribution in [0.25, 0.3) is 11.2 Å². The van der Waals surface area contributed by atoms with Crippen LogP contribution in [0.15, 0.2) is 16.7 Å². The van der Waals surface area contributed by atoms with Gasteiger partial charge in [0, 0.05) is 10.7 Å². The minimum Gasteiger partial charge on any atom is -0.232 e. The van der Waals surface area contributed by atoms with Gasteiger partial charge in [0.15, 0.2) is 0 Å². The van der Waals surface area contributed by atoms with Gasteiger partial charge in [-0.25, -0.2) is 4.98 Å². The van der Waals surface area contributed by atoms with Crippen LogP contribution in [0.3, 0.4) is 0 Å². The van der Waals surface area contributed by atoms with Crippen molar-refractivity contribution in [2.75, 3.05) is 0 Å². The first-order chi connectivity index (χ1) is 6.47. The lowest BCUT2D eigenvalue weighted by Gasteiger charge is -2.16. The summed E-state index contributed by atoms with van der Waals surface area (Å²) in [4.78, 5) is 5.87. The van der Waals surface area contributed by atoms with Crippen LogP contribution in [0.2, 0.25) is 0 Å². The Hall–Kier alpha value is -0.970. The maximum Gasteiger partial charge on any atom is 0.201 e. The normalized spacial score (nSPS) is 12.3. The van der Waals surface area contributed by atoms with Crippen molar-refractivity contribution in [3.05, 3.63) is 16.7 Å². The number of nitrogens with zero attached hydrogens (tertiary/aromatic N) is 4. The third kappa shape index (κ3) is 1.64. The third-order valence-electron chi connectivity index (χ3n) is 1.81. The zero-order chi connectivity index (χ0) is 10.3. The van der Waals surface area contributed by atoms with Gasteiger partial charge in [-0.05, 0) is 42.8 Å². The Balaban J connectivity index is 2.63. The van der Waals surface area contributed by atoms with Crippen molar-refractivity contribution in [1.82, 2.24) is 20.0 Å². The number of aromatic nitrogens is 4. The van der Waals surface area contributed by atoms with Crippen LogP contribution < -0.4 is 0 Å². The summed E-state index contributed by atoms with van der Waals surface area (Å²) in [5.41, 5.74) is 1.39. The van der Waals surface area contributed by atoms with E-state index in [1.807, 2.05) is 6.07 Å². The highest BCUT2D eigenvalue weighted by molar-refractivity contribution is 9.10. The molecule has 0 aromatic carbocycles. The Morgan fingerprint density at radius 3 is 2.64 bits per heavy atom. The van der Waals surface area contributed by atoms with Gasteiger partial charge in [0.25, 0.3) is 0 Å². The van der Waals surface area contributed by atoms with Gasteiger partial charge in [0.05, 0.1) is 5.54 Å². The van der Waals surface area contributed by atoms with Crippen molar-refractivity contribution in [3.63, 3.8) is 0 Å². The quantitative estimate of drug-likeness (QED) is 0.725. The first-order valence-electron chi connectivity index (χ1n) is 4.36. The van der Waals surface area contributed by atoms with E-state index in [1.165, 1.54) is 0 Å². The summed E-state index contributed by atoms with van der Waals surface area (Å²) in [6, 6.07) is 1.91. The second-order valence-corrected chi connectivity index (χ2v) is 5.07. The molecule has 2 rings (SSSR count). The molecule has 0 radical (unpaired) electrons. The molecule has 14 heavy (non-hydrogen) atoms. The SMILES string of the molecule is CC(C)(C)n1nc2cc(Br)cnc2n1. The Morgan fingerprint density at radius 2 is 2.00 bits per heavy atom. The van der Waals surface area contributed by atoms with Crippen LogP contribution in [0.5, 0.6) is 0 Å². The van der Waals surface area contributed by atoms with E-state index in [-0.39, 0.29) is 5.54 Å². The number of pyridine rings is 1. The average Bonchev–Trinajstić information content (AvgIpc) is 2.45. The molecule has 0 unspecified atom stereocenters. The molecule has 0 amide bonds. The van der Waals surface area contributed by atoms with Crippen LogP contribution in [-0.4, -0.2) is 20.0 Å². The highest BCUT2D eigenvalue weighted by atomic mass is 79.9. The number of hydrogen-bond acceptors (Lipinski definition) is 3. The van der Waals surface area contributed by atoms with E-state index in [4.69, 9.17) is 0 Å².